The van der Waals surface area contributed by atoms with Crippen molar-refractivity contribution in [3.63, 3.8) is 0 Å². The highest BCUT2D eigenvalue weighted by atomic mass is 16.5. The number of aromatic nitrogens is 1. The first-order valence-corrected chi connectivity index (χ1v) is 7.14. The Kier molecular flexibility index (Phi) is 3.85. The van der Waals surface area contributed by atoms with Gasteiger partial charge < -0.3 is 15.4 Å². The Morgan fingerprint density at radius 3 is 3.05 bits per heavy atom. The Labute approximate surface area is 119 Å². The van der Waals surface area contributed by atoms with Gasteiger partial charge in [0.2, 0.25) is 0 Å². The van der Waals surface area contributed by atoms with Crippen molar-refractivity contribution in [1.29, 1.82) is 0 Å². The van der Waals surface area contributed by atoms with Gasteiger partial charge in [-0.3, -0.25) is 4.98 Å². The summed E-state index contributed by atoms with van der Waals surface area (Å²) in [7, 11) is 1.77. The smallest absolute Gasteiger partial charge is 0.0723 e. The van der Waals surface area contributed by atoms with E-state index in [2.05, 4.69) is 28.1 Å². The molecule has 1 unspecified atom stereocenters. The third-order valence-corrected chi connectivity index (χ3v) is 4.05. The summed E-state index contributed by atoms with van der Waals surface area (Å²) in [5.41, 5.74) is 9.34. The predicted octanol–water partition coefficient (Wildman–Crippen LogP) is 2.17. The van der Waals surface area contributed by atoms with Crippen molar-refractivity contribution in [2.75, 3.05) is 31.7 Å². The van der Waals surface area contributed by atoms with E-state index in [4.69, 9.17) is 10.5 Å². The zero-order valence-electron chi connectivity index (χ0n) is 11.9. The van der Waals surface area contributed by atoms with Crippen LogP contribution in [0.5, 0.6) is 0 Å². The van der Waals surface area contributed by atoms with Crippen molar-refractivity contribution in [1.82, 2.24) is 4.98 Å². The molecule has 2 heterocycles. The molecule has 0 saturated carbocycles. The number of methoxy groups -OCH3 is 1. The number of nitrogens with zero attached hydrogens (tertiary/aromatic N) is 2. The fraction of sp³-hybridized carbons (Fsp3) is 0.438. The summed E-state index contributed by atoms with van der Waals surface area (Å²) in [6, 6.07) is 8.29. The first-order valence-electron chi connectivity index (χ1n) is 7.14. The Morgan fingerprint density at radius 2 is 2.25 bits per heavy atom. The van der Waals surface area contributed by atoms with E-state index in [9.17, 15) is 0 Å². The van der Waals surface area contributed by atoms with Gasteiger partial charge in [-0.05, 0) is 12.5 Å². The number of fused-ring (bicyclic) bond motifs is 1. The standard InChI is InChI=1S/C16H21N3O/c1-20-11-12-6-7-19(10-12)16-13(8-17)9-18-15-5-3-2-4-14(15)16/h2-5,9,12H,6-8,10-11,17H2,1H3. The third kappa shape index (κ3) is 2.37. The second kappa shape index (κ2) is 5.77. The Hall–Kier alpha value is -1.65. The van der Waals surface area contributed by atoms with Crippen LogP contribution in [0.2, 0.25) is 0 Å². The monoisotopic (exact) mass is 271 g/mol. The minimum absolute atomic E-state index is 0.526. The molecule has 0 bridgehead atoms. The van der Waals surface area contributed by atoms with Crippen molar-refractivity contribution in [3.05, 3.63) is 36.0 Å². The number of hydrogen-bond acceptors (Lipinski definition) is 4. The minimum atomic E-state index is 0.526. The van der Waals surface area contributed by atoms with E-state index in [0.29, 0.717) is 12.5 Å². The molecule has 0 amide bonds. The maximum absolute atomic E-state index is 5.91. The average Bonchev–Trinajstić information content (AvgIpc) is 2.94. The molecule has 1 aromatic carbocycles. The molecule has 2 N–H and O–H groups in total. The SMILES string of the molecule is COCC1CCN(c2c(CN)cnc3ccccc23)C1. The van der Waals surface area contributed by atoms with Crippen molar-refractivity contribution in [2.45, 2.75) is 13.0 Å². The molecule has 0 aliphatic carbocycles. The summed E-state index contributed by atoms with van der Waals surface area (Å²) in [5, 5.41) is 1.20. The van der Waals surface area contributed by atoms with Crippen molar-refractivity contribution >= 4 is 16.6 Å². The molecular formula is C16H21N3O. The Morgan fingerprint density at radius 1 is 1.40 bits per heavy atom. The number of para-hydroxylation sites is 1. The number of rotatable bonds is 4. The van der Waals surface area contributed by atoms with Crippen LogP contribution in [0.3, 0.4) is 0 Å². The second-order valence-electron chi connectivity index (χ2n) is 5.41. The molecule has 20 heavy (non-hydrogen) atoms. The molecule has 1 saturated heterocycles. The Bertz CT molecular complexity index is 599. The lowest BCUT2D eigenvalue weighted by Gasteiger charge is -2.23. The average molecular weight is 271 g/mol. The van der Waals surface area contributed by atoms with E-state index >= 15 is 0 Å². The fourth-order valence-corrected chi connectivity index (χ4v) is 3.10. The van der Waals surface area contributed by atoms with E-state index in [-0.39, 0.29) is 0 Å². The molecule has 4 heteroatoms. The zero-order chi connectivity index (χ0) is 13.9. The first-order chi connectivity index (χ1) is 9.83. The minimum Gasteiger partial charge on any atom is -0.384 e. The van der Waals surface area contributed by atoms with Gasteiger partial charge in [0, 0.05) is 49.8 Å². The van der Waals surface area contributed by atoms with Gasteiger partial charge >= 0.3 is 0 Å². The topological polar surface area (TPSA) is 51.4 Å². The molecule has 0 radical (unpaired) electrons. The highest BCUT2D eigenvalue weighted by Gasteiger charge is 2.25. The molecule has 2 aromatic rings. The van der Waals surface area contributed by atoms with Gasteiger partial charge in [-0.1, -0.05) is 18.2 Å². The largest absolute Gasteiger partial charge is 0.384 e. The lowest BCUT2D eigenvalue weighted by Crippen LogP contribution is -2.23. The zero-order valence-corrected chi connectivity index (χ0v) is 11.9. The van der Waals surface area contributed by atoms with Gasteiger partial charge in [0.1, 0.15) is 0 Å². The van der Waals surface area contributed by atoms with Crippen LogP contribution < -0.4 is 10.6 Å². The number of hydrogen-bond donors (Lipinski definition) is 1. The summed E-state index contributed by atoms with van der Waals surface area (Å²) in [5.74, 6) is 0.609. The van der Waals surface area contributed by atoms with Crippen LogP contribution in [0.25, 0.3) is 10.9 Å². The van der Waals surface area contributed by atoms with Crippen LogP contribution in [-0.4, -0.2) is 31.8 Å². The fourth-order valence-electron chi connectivity index (χ4n) is 3.10. The van der Waals surface area contributed by atoms with Gasteiger partial charge in [0.25, 0.3) is 0 Å². The molecule has 1 aliphatic heterocycles. The first kappa shape index (κ1) is 13.3. The molecule has 3 rings (SSSR count). The van der Waals surface area contributed by atoms with E-state index in [1.165, 1.54) is 17.5 Å². The van der Waals surface area contributed by atoms with Gasteiger partial charge in [0.05, 0.1) is 17.8 Å². The highest BCUT2D eigenvalue weighted by Crippen LogP contribution is 2.33. The molecular weight excluding hydrogens is 250 g/mol. The third-order valence-electron chi connectivity index (χ3n) is 4.05. The van der Waals surface area contributed by atoms with E-state index in [1.807, 2.05) is 12.3 Å². The van der Waals surface area contributed by atoms with Crippen LogP contribution in [0, 0.1) is 5.92 Å². The number of anilines is 1. The maximum Gasteiger partial charge on any atom is 0.0723 e. The quantitative estimate of drug-likeness (QED) is 0.926. The lowest BCUT2D eigenvalue weighted by atomic mass is 10.1. The van der Waals surface area contributed by atoms with Crippen LogP contribution in [0.4, 0.5) is 5.69 Å². The molecule has 106 valence electrons. The van der Waals surface area contributed by atoms with Gasteiger partial charge in [-0.25, -0.2) is 0 Å². The van der Waals surface area contributed by atoms with Crippen LogP contribution >= 0.6 is 0 Å². The molecule has 1 aromatic heterocycles. The summed E-state index contributed by atoms with van der Waals surface area (Å²) >= 11 is 0. The number of benzene rings is 1. The summed E-state index contributed by atoms with van der Waals surface area (Å²) in [6.07, 6.45) is 3.09. The molecule has 4 nitrogen and oxygen atoms in total. The molecule has 0 spiro atoms. The van der Waals surface area contributed by atoms with Gasteiger partial charge in [0.15, 0.2) is 0 Å². The predicted molar refractivity (Wildman–Crippen MR) is 81.8 cm³/mol. The van der Waals surface area contributed by atoms with Crippen LogP contribution in [0.1, 0.15) is 12.0 Å². The van der Waals surface area contributed by atoms with Crippen molar-refractivity contribution in [3.8, 4) is 0 Å². The number of ether oxygens (including phenoxy) is 1. The normalized spacial score (nSPS) is 18.9. The summed E-state index contributed by atoms with van der Waals surface area (Å²) in [4.78, 5) is 6.95. The van der Waals surface area contributed by atoms with E-state index in [0.717, 1.165) is 30.8 Å². The number of pyridine rings is 1. The second-order valence-corrected chi connectivity index (χ2v) is 5.41. The molecule has 1 fully saturated rings. The molecule has 1 aliphatic rings. The van der Waals surface area contributed by atoms with E-state index in [1.54, 1.807) is 7.11 Å². The van der Waals surface area contributed by atoms with Gasteiger partial charge in [-0.2, -0.15) is 0 Å². The summed E-state index contributed by atoms with van der Waals surface area (Å²) in [6.45, 7) is 3.46. The van der Waals surface area contributed by atoms with Crippen molar-refractivity contribution in [2.24, 2.45) is 11.7 Å². The van der Waals surface area contributed by atoms with Crippen LogP contribution in [-0.2, 0) is 11.3 Å². The highest BCUT2D eigenvalue weighted by molar-refractivity contribution is 5.93. The maximum atomic E-state index is 5.91. The van der Waals surface area contributed by atoms with Gasteiger partial charge in [-0.15, -0.1) is 0 Å². The Balaban J connectivity index is 2.01. The lowest BCUT2D eigenvalue weighted by molar-refractivity contribution is 0.161. The number of nitrogens with two attached hydrogens (primary N) is 1. The summed E-state index contributed by atoms with van der Waals surface area (Å²) < 4.78 is 5.29. The van der Waals surface area contributed by atoms with Crippen molar-refractivity contribution < 1.29 is 4.74 Å². The van der Waals surface area contributed by atoms with E-state index < -0.39 is 0 Å². The molecule has 1 atom stereocenters. The van der Waals surface area contributed by atoms with Crippen LogP contribution in [0.15, 0.2) is 30.5 Å².